The Kier molecular flexibility index (Phi) is 10.5. The van der Waals surface area contributed by atoms with Crippen LogP contribution in [0, 0.1) is 5.92 Å². The first-order valence-electron chi connectivity index (χ1n) is 7.98. The van der Waals surface area contributed by atoms with Crippen LogP contribution in [0.1, 0.15) is 47.5 Å². The summed E-state index contributed by atoms with van der Waals surface area (Å²) in [6.45, 7) is 16.4. The van der Waals surface area contributed by atoms with Gasteiger partial charge in [0.15, 0.2) is 0 Å². The Labute approximate surface area is 131 Å². The average Bonchev–Trinajstić information content (AvgIpc) is 2.43. The van der Waals surface area contributed by atoms with Crippen LogP contribution in [0.5, 0.6) is 0 Å². The van der Waals surface area contributed by atoms with Crippen molar-refractivity contribution < 1.29 is 4.74 Å². The molecule has 0 aromatic carbocycles. The van der Waals surface area contributed by atoms with E-state index in [-0.39, 0.29) is 0 Å². The highest BCUT2D eigenvalue weighted by atomic mass is 16.5. The highest BCUT2D eigenvalue weighted by Gasteiger charge is 2.04. The fourth-order valence-electron chi connectivity index (χ4n) is 2.15. The minimum Gasteiger partial charge on any atom is -0.494 e. The second-order valence-electron chi connectivity index (χ2n) is 5.57. The van der Waals surface area contributed by atoms with Gasteiger partial charge in [0, 0.05) is 25.7 Å². The van der Waals surface area contributed by atoms with Crippen molar-refractivity contribution in [1.82, 2.24) is 4.90 Å². The van der Waals surface area contributed by atoms with Crippen LogP contribution in [0.15, 0.2) is 47.9 Å². The molecule has 120 valence electrons. The number of nitrogens with zero attached hydrogens (tertiary/aromatic N) is 1. The molecule has 0 unspecified atom stereocenters. The second-order valence-corrected chi connectivity index (χ2v) is 5.57. The van der Waals surface area contributed by atoms with Gasteiger partial charge in [0.2, 0.25) is 0 Å². The highest BCUT2D eigenvalue weighted by molar-refractivity contribution is 5.27. The van der Waals surface area contributed by atoms with E-state index in [9.17, 15) is 0 Å². The maximum atomic E-state index is 5.76. The normalized spacial score (nSPS) is 13.1. The number of allylic oxidation sites excluding steroid dienone is 5. The van der Waals surface area contributed by atoms with Crippen LogP contribution in [-0.2, 0) is 4.74 Å². The van der Waals surface area contributed by atoms with Gasteiger partial charge in [-0.2, -0.15) is 0 Å². The molecule has 2 nitrogen and oxygen atoms in total. The van der Waals surface area contributed by atoms with Crippen molar-refractivity contribution in [3.05, 3.63) is 47.9 Å². The van der Waals surface area contributed by atoms with Crippen molar-refractivity contribution in [3.8, 4) is 0 Å². The van der Waals surface area contributed by atoms with Crippen molar-refractivity contribution >= 4 is 0 Å². The minimum atomic E-state index is 0.475. The molecule has 0 saturated heterocycles. The molecule has 0 amide bonds. The molecular weight excluding hydrogens is 258 g/mol. The smallest absolute Gasteiger partial charge is 0.112 e. The molecule has 0 aliphatic rings. The molecule has 0 heterocycles. The van der Waals surface area contributed by atoms with Gasteiger partial charge in [-0.3, -0.25) is 0 Å². The van der Waals surface area contributed by atoms with Crippen molar-refractivity contribution in [2.24, 2.45) is 5.92 Å². The molecule has 0 saturated carbocycles. The van der Waals surface area contributed by atoms with Crippen LogP contribution in [0.25, 0.3) is 0 Å². The fourth-order valence-corrected chi connectivity index (χ4v) is 2.15. The predicted molar refractivity (Wildman–Crippen MR) is 94.1 cm³/mol. The average molecular weight is 291 g/mol. The van der Waals surface area contributed by atoms with E-state index in [2.05, 4.69) is 64.4 Å². The molecule has 0 N–H and O–H groups in total. The summed E-state index contributed by atoms with van der Waals surface area (Å²) in [5.41, 5.74) is 2.57. The minimum absolute atomic E-state index is 0.475. The lowest BCUT2D eigenvalue weighted by atomic mass is 10.0. The summed E-state index contributed by atoms with van der Waals surface area (Å²) in [5, 5.41) is 0. The topological polar surface area (TPSA) is 12.5 Å². The first-order chi connectivity index (χ1) is 9.96. The van der Waals surface area contributed by atoms with Crippen LogP contribution in [0.4, 0.5) is 0 Å². The third kappa shape index (κ3) is 8.44. The first kappa shape index (κ1) is 19.6. The molecule has 0 bridgehead atoms. The summed E-state index contributed by atoms with van der Waals surface area (Å²) in [5.74, 6) is 1.22. The lowest BCUT2D eigenvalue weighted by Gasteiger charge is -2.22. The maximum Gasteiger partial charge on any atom is 0.112 e. The summed E-state index contributed by atoms with van der Waals surface area (Å²) in [6.07, 6.45) is 10.4. The van der Waals surface area contributed by atoms with E-state index in [0.717, 1.165) is 25.1 Å². The fraction of sp³-hybridized carbons (Fsp3) is 0.579. The van der Waals surface area contributed by atoms with E-state index in [1.165, 1.54) is 11.3 Å². The van der Waals surface area contributed by atoms with Crippen molar-refractivity contribution in [2.45, 2.75) is 47.5 Å². The van der Waals surface area contributed by atoms with Crippen LogP contribution in [0.2, 0.25) is 0 Å². The summed E-state index contributed by atoms with van der Waals surface area (Å²) in [6, 6.07) is 0. The van der Waals surface area contributed by atoms with Gasteiger partial charge in [-0.15, -0.1) is 0 Å². The maximum absolute atomic E-state index is 5.76. The zero-order valence-electron chi connectivity index (χ0n) is 14.8. The third-order valence-electron chi connectivity index (χ3n) is 3.38. The van der Waals surface area contributed by atoms with Gasteiger partial charge in [0.25, 0.3) is 0 Å². The number of ether oxygens (including phenoxy) is 1. The van der Waals surface area contributed by atoms with E-state index < -0.39 is 0 Å². The van der Waals surface area contributed by atoms with Gasteiger partial charge in [-0.1, -0.05) is 45.6 Å². The molecule has 0 aliphatic carbocycles. The Hall–Kier alpha value is -1.44. The lowest BCUT2D eigenvalue weighted by Crippen LogP contribution is -2.19. The van der Waals surface area contributed by atoms with Gasteiger partial charge in [0.05, 0.1) is 6.61 Å². The summed E-state index contributed by atoms with van der Waals surface area (Å²) >= 11 is 0. The molecular formula is C19H33NO. The Morgan fingerprint density at radius 3 is 2.43 bits per heavy atom. The number of hydrogen-bond donors (Lipinski definition) is 0. The molecule has 0 atom stereocenters. The monoisotopic (exact) mass is 291 g/mol. The summed E-state index contributed by atoms with van der Waals surface area (Å²) in [4.78, 5) is 2.29. The van der Waals surface area contributed by atoms with Gasteiger partial charge in [-0.25, -0.2) is 0 Å². The molecule has 21 heavy (non-hydrogen) atoms. The number of rotatable bonds is 10. The second kappa shape index (κ2) is 11.2. The highest BCUT2D eigenvalue weighted by Crippen LogP contribution is 2.15. The van der Waals surface area contributed by atoms with Crippen LogP contribution in [0.3, 0.4) is 0 Å². The van der Waals surface area contributed by atoms with Crippen molar-refractivity contribution in [3.63, 3.8) is 0 Å². The van der Waals surface area contributed by atoms with Crippen molar-refractivity contribution in [1.29, 1.82) is 0 Å². The summed E-state index contributed by atoms with van der Waals surface area (Å²) in [7, 11) is 2.14. The van der Waals surface area contributed by atoms with Crippen LogP contribution < -0.4 is 0 Å². The quantitative estimate of drug-likeness (QED) is 0.399. The zero-order chi connectivity index (χ0) is 16.3. The first-order valence-corrected chi connectivity index (χ1v) is 7.98. The SMILES string of the molecule is C=C(/C=C(/C=C/C)C(C)C)OCC/C(=C/C)N(C)CCC. The van der Waals surface area contributed by atoms with E-state index >= 15 is 0 Å². The lowest BCUT2D eigenvalue weighted by molar-refractivity contribution is 0.218. The molecule has 0 fully saturated rings. The zero-order valence-corrected chi connectivity index (χ0v) is 14.8. The Morgan fingerprint density at radius 2 is 1.95 bits per heavy atom. The third-order valence-corrected chi connectivity index (χ3v) is 3.38. The molecule has 0 aliphatic heterocycles. The van der Waals surface area contributed by atoms with Gasteiger partial charge >= 0.3 is 0 Å². The van der Waals surface area contributed by atoms with Crippen LogP contribution >= 0.6 is 0 Å². The summed E-state index contributed by atoms with van der Waals surface area (Å²) < 4.78 is 5.76. The van der Waals surface area contributed by atoms with Crippen LogP contribution in [-0.4, -0.2) is 25.1 Å². The van der Waals surface area contributed by atoms with E-state index in [4.69, 9.17) is 4.74 Å². The Morgan fingerprint density at radius 1 is 1.29 bits per heavy atom. The van der Waals surface area contributed by atoms with Gasteiger partial charge in [-0.05, 0) is 37.8 Å². The molecule has 0 rings (SSSR count). The largest absolute Gasteiger partial charge is 0.494 e. The van der Waals surface area contributed by atoms with E-state index in [1.54, 1.807) is 0 Å². The van der Waals surface area contributed by atoms with E-state index in [1.807, 2.05) is 13.0 Å². The van der Waals surface area contributed by atoms with Gasteiger partial charge < -0.3 is 9.64 Å². The molecule has 0 spiro atoms. The van der Waals surface area contributed by atoms with Gasteiger partial charge in [0.1, 0.15) is 5.76 Å². The van der Waals surface area contributed by atoms with E-state index in [0.29, 0.717) is 12.5 Å². The standard InChI is InChI=1S/C19H33NO/c1-8-11-18(16(4)5)15-17(6)21-14-12-19(10-3)20(7)13-9-2/h8,10-11,15-16H,6,9,12-14H2,1-5,7H3/b11-8+,18-15-,19-10-. The molecule has 0 radical (unpaired) electrons. The number of hydrogen-bond acceptors (Lipinski definition) is 2. The van der Waals surface area contributed by atoms with Crippen molar-refractivity contribution in [2.75, 3.05) is 20.2 Å². The predicted octanol–water partition coefficient (Wildman–Crippen LogP) is 5.31. The Balaban J connectivity index is 4.40. The Bertz CT molecular complexity index is 388. The molecule has 0 aromatic heterocycles. The molecule has 0 aromatic rings. The molecule has 2 heteroatoms.